The van der Waals surface area contributed by atoms with Crippen LogP contribution in [0.3, 0.4) is 0 Å². The zero-order valence-corrected chi connectivity index (χ0v) is 15.7. The number of aliphatic imine (C=N–C) groups is 1. The highest BCUT2D eigenvalue weighted by atomic mass is 19.4. The molecule has 0 bridgehead atoms. The average molecular weight is 392 g/mol. The van der Waals surface area contributed by atoms with Crippen molar-refractivity contribution < 1.29 is 18.0 Å². The molecule has 2 aromatic rings. The Hall–Kier alpha value is -3.03. The first-order valence-electron chi connectivity index (χ1n) is 8.75. The summed E-state index contributed by atoms with van der Waals surface area (Å²) in [5, 5.41) is 8.69. The van der Waals surface area contributed by atoms with Gasteiger partial charge in [0.2, 0.25) is 0 Å². The molecule has 5 nitrogen and oxygen atoms in total. The molecule has 1 amide bonds. The molecule has 0 aromatic heterocycles. The van der Waals surface area contributed by atoms with Crippen molar-refractivity contribution in [3.8, 4) is 0 Å². The molecule has 150 valence electrons. The smallest absolute Gasteiger partial charge is 0.356 e. The third kappa shape index (κ3) is 6.29. The summed E-state index contributed by atoms with van der Waals surface area (Å²) in [6.07, 6.45) is -3.70. The molecule has 0 saturated carbocycles. The molecular weight excluding hydrogens is 369 g/mol. The summed E-state index contributed by atoms with van der Waals surface area (Å²) in [6, 6.07) is 12.5. The summed E-state index contributed by atoms with van der Waals surface area (Å²) >= 11 is 0. The molecule has 0 unspecified atom stereocenters. The molecule has 8 heteroatoms. The highest BCUT2D eigenvalue weighted by molar-refractivity contribution is 5.94. The number of alkyl halides is 3. The zero-order chi connectivity index (χ0) is 20.6. The maximum Gasteiger partial charge on any atom is 0.416 e. The standard InChI is InChI=1S/C20H23F3N4O/c1-24-18(28)16-7-3-5-14(11-16)9-10-26-19(25-2)27-13-15-6-4-8-17(12-15)20(21,22)23/h3-8,11-12H,9-10,13H2,1-2H3,(H,24,28)(H2,25,26,27). The minimum absolute atomic E-state index is 0.145. The lowest BCUT2D eigenvalue weighted by atomic mass is 10.1. The second-order valence-corrected chi connectivity index (χ2v) is 6.08. The van der Waals surface area contributed by atoms with E-state index in [1.54, 1.807) is 26.2 Å². The van der Waals surface area contributed by atoms with Gasteiger partial charge in [-0.15, -0.1) is 0 Å². The van der Waals surface area contributed by atoms with Crippen molar-refractivity contribution in [2.24, 2.45) is 4.99 Å². The molecule has 0 heterocycles. The van der Waals surface area contributed by atoms with Crippen LogP contribution in [-0.4, -0.2) is 32.5 Å². The van der Waals surface area contributed by atoms with Crippen LogP contribution in [0.25, 0.3) is 0 Å². The summed E-state index contributed by atoms with van der Waals surface area (Å²) in [6.45, 7) is 0.773. The normalized spacial score (nSPS) is 11.8. The Morgan fingerprint density at radius 1 is 1.04 bits per heavy atom. The van der Waals surface area contributed by atoms with Gasteiger partial charge in [-0.3, -0.25) is 9.79 Å². The summed E-state index contributed by atoms with van der Waals surface area (Å²) in [4.78, 5) is 15.7. The number of carbonyl (C=O) groups excluding carboxylic acids is 1. The van der Waals surface area contributed by atoms with Gasteiger partial charge in [0.05, 0.1) is 5.56 Å². The van der Waals surface area contributed by atoms with Gasteiger partial charge in [-0.2, -0.15) is 13.2 Å². The molecule has 0 radical (unpaired) electrons. The van der Waals surface area contributed by atoms with Crippen LogP contribution in [0.2, 0.25) is 0 Å². The maximum atomic E-state index is 12.8. The lowest BCUT2D eigenvalue weighted by Crippen LogP contribution is -2.37. The molecule has 0 saturated heterocycles. The predicted octanol–water partition coefficient (Wildman–Crippen LogP) is 2.97. The lowest BCUT2D eigenvalue weighted by Gasteiger charge is -2.13. The van der Waals surface area contributed by atoms with Gasteiger partial charge in [-0.1, -0.05) is 24.3 Å². The molecule has 0 aliphatic carbocycles. The van der Waals surface area contributed by atoms with Crippen molar-refractivity contribution >= 4 is 11.9 Å². The third-order valence-corrected chi connectivity index (χ3v) is 4.06. The van der Waals surface area contributed by atoms with E-state index in [-0.39, 0.29) is 12.5 Å². The Morgan fingerprint density at radius 2 is 1.75 bits per heavy atom. The molecule has 3 N–H and O–H groups in total. The first-order valence-corrected chi connectivity index (χ1v) is 8.75. The van der Waals surface area contributed by atoms with Crippen LogP contribution in [0.15, 0.2) is 53.5 Å². The molecule has 2 rings (SSSR count). The SMILES string of the molecule is CN=C(NCCc1cccc(C(=O)NC)c1)NCc1cccc(C(F)(F)F)c1. The summed E-state index contributed by atoms with van der Waals surface area (Å²) in [5.74, 6) is 0.341. The van der Waals surface area contributed by atoms with E-state index in [4.69, 9.17) is 0 Å². The number of halogens is 3. The topological polar surface area (TPSA) is 65.5 Å². The summed E-state index contributed by atoms with van der Waals surface area (Å²) in [7, 11) is 3.17. The number of hydrogen-bond donors (Lipinski definition) is 3. The van der Waals surface area contributed by atoms with Crippen molar-refractivity contribution in [1.82, 2.24) is 16.0 Å². The first kappa shape index (κ1) is 21.3. The van der Waals surface area contributed by atoms with Gasteiger partial charge in [-0.25, -0.2) is 0 Å². The van der Waals surface area contributed by atoms with Crippen LogP contribution in [0.4, 0.5) is 13.2 Å². The number of amides is 1. The van der Waals surface area contributed by atoms with Crippen molar-refractivity contribution in [2.75, 3.05) is 20.6 Å². The molecule has 0 spiro atoms. The summed E-state index contributed by atoms with van der Waals surface area (Å²) in [5.41, 5.74) is 1.41. The molecule has 0 atom stereocenters. The van der Waals surface area contributed by atoms with E-state index in [1.807, 2.05) is 18.2 Å². The van der Waals surface area contributed by atoms with Crippen molar-refractivity contribution in [1.29, 1.82) is 0 Å². The largest absolute Gasteiger partial charge is 0.416 e. The summed E-state index contributed by atoms with van der Waals surface area (Å²) < 4.78 is 38.3. The van der Waals surface area contributed by atoms with Crippen LogP contribution in [0.5, 0.6) is 0 Å². The molecule has 0 aliphatic rings. The molecule has 0 fully saturated rings. The number of benzene rings is 2. The Kier molecular flexibility index (Phi) is 7.43. The zero-order valence-electron chi connectivity index (χ0n) is 15.7. The fourth-order valence-corrected chi connectivity index (χ4v) is 2.60. The average Bonchev–Trinajstić information content (AvgIpc) is 2.69. The number of nitrogens with zero attached hydrogens (tertiary/aromatic N) is 1. The van der Waals surface area contributed by atoms with Crippen LogP contribution < -0.4 is 16.0 Å². The first-order chi connectivity index (χ1) is 13.3. The van der Waals surface area contributed by atoms with E-state index in [1.165, 1.54) is 6.07 Å². The predicted molar refractivity (Wildman–Crippen MR) is 103 cm³/mol. The van der Waals surface area contributed by atoms with E-state index in [2.05, 4.69) is 20.9 Å². The minimum atomic E-state index is -4.36. The van der Waals surface area contributed by atoms with Gasteiger partial charge in [0.25, 0.3) is 5.91 Å². The van der Waals surface area contributed by atoms with E-state index in [0.29, 0.717) is 30.1 Å². The van der Waals surface area contributed by atoms with Gasteiger partial charge in [-0.05, 0) is 41.8 Å². The lowest BCUT2D eigenvalue weighted by molar-refractivity contribution is -0.137. The number of rotatable bonds is 6. The van der Waals surface area contributed by atoms with Crippen molar-refractivity contribution in [2.45, 2.75) is 19.1 Å². The van der Waals surface area contributed by atoms with Crippen LogP contribution in [0.1, 0.15) is 27.0 Å². The fourth-order valence-electron chi connectivity index (χ4n) is 2.60. The quantitative estimate of drug-likeness (QED) is 0.523. The van der Waals surface area contributed by atoms with Crippen LogP contribution in [-0.2, 0) is 19.1 Å². The number of carbonyl (C=O) groups is 1. The van der Waals surface area contributed by atoms with Crippen LogP contribution >= 0.6 is 0 Å². The van der Waals surface area contributed by atoms with E-state index >= 15 is 0 Å². The highest BCUT2D eigenvalue weighted by Crippen LogP contribution is 2.29. The Bertz CT molecular complexity index is 834. The van der Waals surface area contributed by atoms with E-state index in [9.17, 15) is 18.0 Å². The monoisotopic (exact) mass is 392 g/mol. The molecule has 28 heavy (non-hydrogen) atoms. The number of nitrogens with one attached hydrogen (secondary N) is 3. The Labute approximate surface area is 162 Å². The Balaban J connectivity index is 1.86. The number of guanidine groups is 1. The van der Waals surface area contributed by atoms with Gasteiger partial charge < -0.3 is 16.0 Å². The Morgan fingerprint density at radius 3 is 2.43 bits per heavy atom. The molecule has 2 aromatic carbocycles. The minimum Gasteiger partial charge on any atom is -0.356 e. The van der Waals surface area contributed by atoms with Gasteiger partial charge in [0, 0.05) is 32.7 Å². The van der Waals surface area contributed by atoms with Crippen molar-refractivity contribution in [3.05, 3.63) is 70.8 Å². The maximum absolute atomic E-state index is 12.8. The van der Waals surface area contributed by atoms with Crippen LogP contribution in [0, 0.1) is 0 Å². The van der Waals surface area contributed by atoms with Crippen molar-refractivity contribution in [3.63, 3.8) is 0 Å². The third-order valence-electron chi connectivity index (χ3n) is 4.06. The molecule has 0 aliphatic heterocycles. The van der Waals surface area contributed by atoms with Gasteiger partial charge in [0.15, 0.2) is 5.96 Å². The van der Waals surface area contributed by atoms with Gasteiger partial charge >= 0.3 is 6.18 Å². The highest BCUT2D eigenvalue weighted by Gasteiger charge is 2.30. The molecular formula is C20H23F3N4O. The van der Waals surface area contributed by atoms with E-state index < -0.39 is 11.7 Å². The second kappa shape index (κ2) is 9.77. The van der Waals surface area contributed by atoms with E-state index in [0.717, 1.165) is 17.7 Å². The number of hydrogen-bond acceptors (Lipinski definition) is 2. The second-order valence-electron chi connectivity index (χ2n) is 6.08. The fraction of sp³-hybridized carbons (Fsp3) is 0.300. The van der Waals surface area contributed by atoms with Gasteiger partial charge in [0.1, 0.15) is 0 Å².